The second-order valence-electron chi connectivity index (χ2n) is 7.14. The predicted octanol–water partition coefficient (Wildman–Crippen LogP) is 2.48. The van der Waals surface area contributed by atoms with Gasteiger partial charge in [0, 0.05) is 25.0 Å². The summed E-state index contributed by atoms with van der Waals surface area (Å²) in [6.45, 7) is 4.23. The average molecular weight is 388 g/mol. The molecule has 0 bridgehead atoms. The van der Waals surface area contributed by atoms with Crippen molar-refractivity contribution in [1.82, 2.24) is 9.97 Å². The van der Waals surface area contributed by atoms with E-state index in [1.165, 1.54) is 11.8 Å². The second kappa shape index (κ2) is 7.64. The highest BCUT2D eigenvalue weighted by molar-refractivity contribution is 7.91. The molecular formula is C19H24N4O3S. The van der Waals surface area contributed by atoms with Gasteiger partial charge in [-0.05, 0) is 36.1 Å². The molecule has 1 aromatic carbocycles. The number of carbonyl (C=O) groups is 1. The van der Waals surface area contributed by atoms with Crippen LogP contribution in [0.5, 0.6) is 0 Å². The molecule has 2 aromatic rings. The van der Waals surface area contributed by atoms with Gasteiger partial charge in [0.15, 0.2) is 9.84 Å². The third-order valence-electron chi connectivity index (χ3n) is 4.78. The predicted molar refractivity (Wildman–Crippen MR) is 106 cm³/mol. The van der Waals surface area contributed by atoms with Crippen LogP contribution in [0.15, 0.2) is 36.5 Å². The number of anilines is 2. The fourth-order valence-electron chi connectivity index (χ4n) is 3.04. The maximum atomic E-state index is 12.5. The van der Waals surface area contributed by atoms with Crippen molar-refractivity contribution >= 4 is 27.4 Å². The lowest BCUT2D eigenvalue weighted by atomic mass is 10.0. The lowest BCUT2D eigenvalue weighted by Crippen LogP contribution is -2.34. The van der Waals surface area contributed by atoms with E-state index in [0.29, 0.717) is 24.0 Å². The fraction of sp³-hybridized carbons (Fsp3) is 0.421. The number of carbonyl (C=O) groups excluding carboxylic acids is 1. The van der Waals surface area contributed by atoms with E-state index in [-0.39, 0.29) is 29.1 Å². The largest absolute Gasteiger partial charge is 0.340 e. The standard InChI is InChI=1S/C19H24N4O3S/c1-13(2)14-4-6-15(7-5-14)21-18(24)17-8-10-20-19(22-17)23(3)16-9-11-27(25,26)12-16/h4-8,10,13,16H,9,11-12H2,1-3H3,(H,21,24). The highest BCUT2D eigenvalue weighted by Gasteiger charge is 2.31. The molecule has 8 heteroatoms. The maximum absolute atomic E-state index is 12.5. The molecule has 0 spiro atoms. The molecule has 1 aliphatic rings. The van der Waals surface area contributed by atoms with Crippen LogP contribution in [0.4, 0.5) is 11.6 Å². The molecule has 0 radical (unpaired) electrons. The van der Waals surface area contributed by atoms with Crippen LogP contribution >= 0.6 is 0 Å². The third-order valence-corrected chi connectivity index (χ3v) is 6.53. The molecule has 1 fully saturated rings. The van der Waals surface area contributed by atoms with E-state index in [1.54, 1.807) is 18.0 Å². The Balaban J connectivity index is 1.72. The molecule has 0 aliphatic carbocycles. The molecular weight excluding hydrogens is 364 g/mol. The summed E-state index contributed by atoms with van der Waals surface area (Å²) in [7, 11) is -1.24. The summed E-state index contributed by atoms with van der Waals surface area (Å²) in [5, 5.41) is 2.83. The molecule has 1 saturated heterocycles. The van der Waals surface area contributed by atoms with Crippen molar-refractivity contribution in [3.05, 3.63) is 47.8 Å². The van der Waals surface area contributed by atoms with E-state index in [0.717, 1.165) is 0 Å². The Morgan fingerprint density at radius 3 is 2.52 bits per heavy atom. The van der Waals surface area contributed by atoms with Gasteiger partial charge in [-0.2, -0.15) is 0 Å². The number of aromatic nitrogens is 2. The smallest absolute Gasteiger partial charge is 0.274 e. The number of nitrogens with zero attached hydrogens (tertiary/aromatic N) is 3. The van der Waals surface area contributed by atoms with Gasteiger partial charge in [-0.3, -0.25) is 4.79 Å². The highest BCUT2D eigenvalue weighted by Crippen LogP contribution is 2.21. The summed E-state index contributed by atoms with van der Waals surface area (Å²) in [4.78, 5) is 22.8. The van der Waals surface area contributed by atoms with E-state index in [1.807, 2.05) is 24.3 Å². The monoisotopic (exact) mass is 388 g/mol. The van der Waals surface area contributed by atoms with Crippen molar-refractivity contribution in [3.63, 3.8) is 0 Å². The van der Waals surface area contributed by atoms with Crippen LogP contribution in [0.1, 0.15) is 42.2 Å². The lowest BCUT2D eigenvalue weighted by molar-refractivity contribution is 0.102. The van der Waals surface area contributed by atoms with Crippen LogP contribution in [-0.2, 0) is 9.84 Å². The summed E-state index contributed by atoms with van der Waals surface area (Å²) < 4.78 is 23.4. The summed E-state index contributed by atoms with van der Waals surface area (Å²) in [5.74, 6) is 0.706. The molecule has 144 valence electrons. The van der Waals surface area contributed by atoms with Gasteiger partial charge in [0.05, 0.1) is 11.5 Å². The first-order valence-electron chi connectivity index (χ1n) is 8.93. The first kappa shape index (κ1) is 19.3. The SMILES string of the molecule is CC(C)c1ccc(NC(=O)c2ccnc(N(C)C3CCS(=O)(=O)C3)n2)cc1. The zero-order valence-electron chi connectivity index (χ0n) is 15.7. The van der Waals surface area contributed by atoms with E-state index in [9.17, 15) is 13.2 Å². The topological polar surface area (TPSA) is 92.3 Å². The number of nitrogens with one attached hydrogen (secondary N) is 1. The lowest BCUT2D eigenvalue weighted by Gasteiger charge is -2.23. The van der Waals surface area contributed by atoms with Crippen LogP contribution in [0, 0.1) is 0 Å². The van der Waals surface area contributed by atoms with Crippen LogP contribution in [-0.4, -0.2) is 48.9 Å². The Kier molecular flexibility index (Phi) is 5.46. The summed E-state index contributed by atoms with van der Waals surface area (Å²) in [6, 6.07) is 9.08. The Hall–Kier alpha value is -2.48. The number of amides is 1. The Morgan fingerprint density at radius 2 is 1.93 bits per heavy atom. The molecule has 1 N–H and O–H groups in total. The van der Waals surface area contributed by atoms with Gasteiger partial charge < -0.3 is 10.2 Å². The molecule has 1 unspecified atom stereocenters. The molecule has 27 heavy (non-hydrogen) atoms. The number of sulfone groups is 1. The van der Waals surface area contributed by atoms with Crippen molar-refractivity contribution in [2.45, 2.75) is 32.2 Å². The van der Waals surface area contributed by atoms with E-state index < -0.39 is 9.84 Å². The Bertz CT molecular complexity index is 926. The van der Waals surface area contributed by atoms with Gasteiger partial charge in [0.2, 0.25) is 5.95 Å². The van der Waals surface area contributed by atoms with Crippen molar-refractivity contribution in [2.75, 3.05) is 28.8 Å². The maximum Gasteiger partial charge on any atom is 0.274 e. The average Bonchev–Trinajstić information content (AvgIpc) is 3.01. The molecule has 1 aliphatic heterocycles. The quantitative estimate of drug-likeness (QED) is 0.846. The fourth-order valence-corrected chi connectivity index (χ4v) is 4.81. The van der Waals surface area contributed by atoms with E-state index >= 15 is 0 Å². The Morgan fingerprint density at radius 1 is 1.22 bits per heavy atom. The van der Waals surface area contributed by atoms with Crippen molar-refractivity contribution < 1.29 is 13.2 Å². The summed E-state index contributed by atoms with van der Waals surface area (Å²) >= 11 is 0. The molecule has 7 nitrogen and oxygen atoms in total. The molecule has 1 amide bonds. The van der Waals surface area contributed by atoms with Crippen LogP contribution in [0.25, 0.3) is 0 Å². The van der Waals surface area contributed by atoms with Crippen molar-refractivity contribution in [1.29, 1.82) is 0 Å². The van der Waals surface area contributed by atoms with Crippen LogP contribution < -0.4 is 10.2 Å². The molecule has 0 saturated carbocycles. The number of benzene rings is 1. The highest BCUT2D eigenvalue weighted by atomic mass is 32.2. The van der Waals surface area contributed by atoms with Gasteiger partial charge in [0.1, 0.15) is 5.69 Å². The first-order valence-corrected chi connectivity index (χ1v) is 10.7. The normalized spacial score (nSPS) is 18.4. The molecule has 3 rings (SSSR count). The Labute approximate surface area is 159 Å². The zero-order chi connectivity index (χ0) is 19.6. The van der Waals surface area contributed by atoms with Gasteiger partial charge in [-0.25, -0.2) is 18.4 Å². The molecule has 1 aromatic heterocycles. The van der Waals surface area contributed by atoms with E-state index in [4.69, 9.17) is 0 Å². The summed E-state index contributed by atoms with van der Waals surface area (Å²) in [6.07, 6.45) is 2.06. The first-order chi connectivity index (χ1) is 12.7. The molecule has 1 atom stereocenters. The second-order valence-corrected chi connectivity index (χ2v) is 9.37. The minimum atomic E-state index is -3.00. The van der Waals surface area contributed by atoms with E-state index in [2.05, 4.69) is 29.1 Å². The van der Waals surface area contributed by atoms with Crippen LogP contribution in [0.3, 0.4) is 0 Å². The third kappa shape index (κ3) is 4.63. The van der Waals surface area contributed by atoms with Crippen molar-refractivity contribution in [2.24, 2.45) is 0 Å². The minimum Gasteiger partial charge on any atom is -0.340 e. The number of hydrogen-bond acceptors (Lipinski definition) is 6. The van der Waals surface area contributed by atoms with Crippen LogP contribution in [0.2, 0.25) is 0 Å². The van der Waals surface area contributed by atoms with Crippen molar-refractivity contribution in [3.8, 4) is 0 Å². The number of hydrogen-bond donors (Lipinski definition) is 1. The zero-order valence-corrected chi connectivity index (χ0v) is 16.5. The van der Waals surface area contributed by atoms with Gasteiger partial charge >= 0.3 is 0 Å². The minimum absolute atomic E-state index is 0.0888. The number of rotatable bonds is 5. The van der Waals surface area contributed by atoms with Gasteiger partial charge in [0.25, 0.3) is 5.91 Å². The van der Waals surface area contributed by atoms with Gasteiger partial charge in [-0.15, -0.1) is 0 Å². The van der Waals surface area contributed by atoms with Gasteiger partial charge in [-0.1, -0.05) is 26.0 Å². The summed E-state index contributed by atoms with van der Waals surface area (Å²) in [5.41, 5.74) is 2.13. The molecule has 2 heterocycles.